The quantitative estimate of drug-likeness (QED) is 0.552. The highest BCUT2D eigenvalue weighted by molar-refractivity contribution is 7.27. The highest BCUT2D eigenvalue weighted by atomic mass is 32.1. The van der Waals surface area contributed by atoms with Crippen molar-refractivity contribution in [1.29, 1.82) is 0 Å². The fraction of sp³-hybridized carbons (Fsp3) is 0. The fourth-order valence-electron chi connectivity index (χ4n) is 1.27. The number of carbonyl (C=O) groups excluding carboxylic acids is 1. The molecule has 14 heavy (non-hydrogen) atoms. The summed E-state index contributed by atoms with van der Waals surface area (Å²) in [4.78, 5) is 10.5. The summed E-state index contributed by atoms with van der Waals surface area (Å²) in [6.07, 6.45) is 0.772. The van der Waals surface area contributed by atoms with Gasteiger partial charge >= 0.3 is 7.12 Å². The van der Waals surface area contributed by atoms with Gasteiger partial charge in [-0.3, -0.25) is 4.79 Å². The maximum Gasteiger partial charge on any atom is 0.499 e. The van der Waals surface area contributed by atoms with Crippen molar-refractivity contribution in [2.24, 2.45) is 0 Å². The van der Waals surface area contributed by atoms with Crippen LogP contribution >= 0.6 is 11.3 Å². The Kier molecular flexibility index (Phi) is 2.37. The lowest BCUT2D eigenvalue weighted by atomic mass is 9.89. The Labute approximate surface area is 84.8 Å². The summed E-state index contributed by atoms with van der Waals surface area (Å²) in [6, 6.07) is 6.94. The summed E-state index contributed by atoms with van der Waals surface area (Å²) in [6.45, 7) is 0. The van der Waals surface area contributed by atoms with Gasteiger partial charge in [-0.05, 0) is 17.5 Å². The molecule has 2 aromatic rings. The number of aldehydes is 1. The third-order valence-corrected chi connectivity index (χ3v) is 3.09. The molecule has 70 valence electrons. The van der Waals surface area contributed by atoms with Crippen LogP contribution in [0.3, 0.4) is 0 Å². The maximum absolute atomic E-state index is 10.5. The zero-order valence-electron chi connectivity index (χ0n) is 7.18. The summed E-state index contributed by atoms with van der Waals surface area (Å²) >= 11 is 1.28. The van der Waals surface area contributed by atoms with E-state index in [4.69, 9.17) is 10.0 Å². The van der Waals surface area contributed by atoms with Gasteiger partial charge in [-0.2, -0.15) is 0 Å². The van der Waals surface area contributed by atoms with Crippen LogP contribution in [0.15, 0.2) is 24.3 Å². The molecule has 0 saturated heterocycles. The molecule has 0 fully saturated rings. The third kappa shape index (κ3) is 1.57. The van der Waals surface area contributed by atoms with E-state index in [-0.39, 0.29) is 0 Å². The van der Waals surface area contributed by atoms with E-state index in [0.29, 0.717) is 10.3 Å². The second-order valence-electron chi connectivity index (χ2n) is 2.94. The highest BCUT2D eigenvalue weighted by Gasteiger charge is 2.14. The van der Waals surface area contributed by atoms with E-state index in [2.05, 4.69) is 0 Å². The molecule has 0 aliphatic carbocycles. The molecule has 0 saturated carbocycles. The second-order valence-corrected chi connectivity index (χ2v) is 4.05. The topological polar surface area (TPSA) is 57.5 Å². The molecule has 2 rings (SSSR count). The van der Waals surface area contributed by atoms with Crippen molar-refractivity contribution in [3.8, 4) is 0 Å². The van der Waals surface area contributed by atoms with Gasteiger partial charge in [0.2, 0.25) is 0 Å². The van der Waals surface area contributed by atoms with Crippen molar-refractivity contribution in [1.82, 2.24) is 0 Å². The average molecular weight is 206 g/mol. The van der Waals surface area contributed by atoms with Crippen LogP contribution in [0.1, 0.15) is 10.4 Å². The van der Waals surface area contributed by atoms with Gasteiger partial charge in [0.25, 0.3) is 0 Å². The molecule has 1 aromatic carbocycles. The number of carbonyl (C=O) groups is 1. The van der Waals surface area contributed by atoms with E-state index >= 15 is 0 Å². The van der Waals surface area contributed by atoms with Crippen molar-refractivity contribution in [2.75, 3.05) is 0 Å². The zero-order valence-corrected chi connectivity index (χ0v) is 7.99. The standard InChI is InChI=1S/C9H7BO3S/c11-5-6-1-2-7-4-9(10(12)13)14-8(7)3-6/h1-5,12-13H. The van der Waals surface area contributed by atoms with Crippen LogP contribution in [0.2, 0.25) is 0 Å². The van der Waals surface area contributed by atoms with Crippen molar-refractivity contribution < 1.29 is 14.8 Å². The monoisotopic (exact) mass is 206 g/mol. The Morgan fingerprint density at radius 2 is 2.07 bits per heavy atom. The van der Waals surface area contributed by atoms with Gasteiger partial charge in [0.15, 0.2) is 0 Å². The molecule has 0 unspecified atom stereocenters. The second kappa shape index (κ2) is 3.53. The molecule has 1 aromatic heterocycles. The predicted octanol–water partition coefficient (Wildman–Crippen LogP) is 0.394. The van der Waals surface area contributed by atoms with Gasteiger partial charge in [0.1, 0.15) is 6.29 Å². The Hall–Kier alpha value is -1.17. The molecular weight excluding hydrogens is 199 g/mol. The first-order valence-corrected chi connectivity index (χ1v) is 4.87. The number of thiophene rings is 1. The maximum atomic E-state index is 10.5. The summed E-state index contributed by atoms with van der Waals surface area (Å²) in [5.74, 6) is 0. The lowest BCUT2D eigenvalue weighted by molar-refractivity contribution is 0.112. The van der Waals surface area contributed by atoms with E-state index in [0.717, 1.165) is 16.4 Å². The number of hydrogen-bond acceptors (Lipinski definition) is 4. The number of fused-ring (bicyclic) bond motifs is 1. The normalized spacial score (nSPS) is 10.4. The van der Waals surface area contributed by atoms with Gasteiger partial charge in [-0.1, -0.05) is 12.1 Å². The molecule has 5 heteroatoms. The van der Waals surface area contributed by atoms with Crippen LogP contribution in [0.4, 0.5) is 0 Å². The SMILES string of the molecule is O=Cc1ccc2cc(B(O)O)sc2c1. The molecular formula is C9H7BO3S. The minimum absolute atomic E-state index is 0.489. The van der Waals surface area contributed by atoms with Gasteiger partial charge in [-0.25, -0.2) is 0 Å². The Morgan fingerprint density at radius 1 is 1.29 bits per heavy atom. The molecule has 1 heterocycles. The third-order valence-electron chi connectivity index (χ3n) is 1.95. The lowest BCUT2D eigenvalue weighted by Crippen LogP contribution is -2.26. The van der Waals surface area contributed by atoms with Crippen LogP contribution in [-0.4, -0.2) is 23.5 Å². The van der Waals surface area contributed by atoms with Crippen LogP contribution in [0.5, 0.6) is 0 Å². The van der Waals surface area contributed by atoms with Crippen LogP contribution in [-0.2, 0) is 0 Å². The molecule has 0 aliphatic heterocycles. The van der Waals surface area contributed by atoms with Crippen LogP contribution in [0, 0.1) is 0 Å². The first kappa shape index (κ1) is 9.39. The summed E-state index contributed by atoms with van der Waals surface area (Å²) in [5, 5.41) is 18.8. The molecule has 0 amide bonds. The Morgan fingerprint density at radius 3 is 2.71 bits per heavy atom. The highest BCUT2D eigenvalue weighted by Crippen LogP contribution is 2.20. The van der Waals surface area contributed by atoms with E-state index < -0.39 is 7.12 Å². The molecule has 0 spiro atoms. The number of benzene rings is 1. The predicted molar refractivity (Wildman–Crippen MR) is 57.0 cm³/mol. The van der Waals surface area contributed by atoms with E-state index in [1.807, 2.05) is 0 Å². The minimum Gasteiger partial charge on any atom is -0.423 e. The smallest absolute Gasteiger partial charge is 0.423 e. The van der Waals surface area contributed by atoms with Crippen molar-refractivity contribution in [3.05, 3.63) is 29.8 Å². The summed E-state index contributed by atoms with van der Waals surface area (Å²) in [7, 11) is -1.44. The van der Waals surface area contributed by atoms with Gasteiger partial charge in [-0.15, -0.1) is 11.3 Å². The van der Waals surface area contributed by atoms with Gasteiger partial charge in [0.05, 0.1) is 0 Å². The average Bonchev–Trinajstić information content (AvgIpc) is 2.59. The van der Waals surface area contributed by atoms with Crippen LogP contribution in [0.25, 0.3) is 10.1 Å². The molecule has 0 aliphatic rings. The number of rotatable bonds is 2. The molecule has 3 nitrogen and oxygen atoms in total. The van der Waals surface area contributed by atoms with Gasteiger partial charge < -0.3 is 10.0 Å². The first-order chi connectivity index (χ1) is 6.70. The lowest BCUT2D eigenvalue weighted by Gasteiger charge is -1.89. The summed E-state index contributed by atoms with van der Waals surface area (Å²) < 4.78 is 1.38. The van der Waals surface area contributed by atoms with E-state index in [1.165, 1.54) is 11.3 Å². The Bertz CT molecular complexity index is 478. The molecule has 0 atom stereocenters. The van der Waals surface area contributed by atoms with Crippen molar-refractivity contribution in [2.45, 2.75) is 0 Å². The minimum atomic E-state index is -1.44. The van der Waals surface area contributed by atoms with E-state index in [9.17, 15) is 4.79 Å². The van der Waals surface area contributed by atoms with Crippen LogP contribution < -0.4 is 4.78 Å². The molecule has 0 radical (unpaired) electrons. The number of hydrogen-bond donors (Lipinski definition) is 2. The van der Waals surface area contributed by atoms with E-state index in [1.54, 1.807) is 24.3 Å². The van der Waals surface area contributed by atoms with Crippen molar-refractivity contribution in [3.63, 3.8) is 0 Å². The first-order valence-electron chi connectivity index (χ1n) is 4.05. The molecule has 0 bridgehead atoms. The summed E-state index contributed by atoms with van der Waals surface area (Å²) in [5.41, 5.74) is 0.596. The largest absolute Gasteiger partial charge is 0.499 e. The zero-order chi connectivity index (χ0) is 10.1. The fourth-order valence-corrected chi connectivity index (χ4v) is 2.25. The Balaban J connectivity index is 2.59. The molecule has 2 N–H and O–H groups in total. The van der Waals surface area contributed by atoms with Gasteiger partial charge in [0, 0.05) is 15.0 Å². The van der Waals surface area contributed by atoms with Crippen molar-refractivity contribution >= 4 is 39.6 Å².